The monoisotopic (exact) mass is 225 g/mol. The van der Waals surface area contributed by atoms with E-state index in [4.69, 9.17) is 0 Å². The highest BCUT2D eigenvalue weighted by molar-refractivity contribution is 6.42. The lowest BCUT2D eigenvalue weighted by molar-refractivity contribution is 0.0519. The Morgan fingerprint density at radius 1 is 1.56 bits per heavy atom. The van der Waals surface area contributed by atoms with Crippen LogP contribution >= 0.6 is 0 Å². The molecular formula is C10H19N5O. The SMILES string of the molecule is CCN=C(C)C1=NN(C)C(=O)N(N(C)C)C1. The molecule has 0 saturated heterocycles. The predicted octanol–water partition coefficient (Wildman–Crippen LogP) is 0.667. The number of hydrogen-bond acceptors (Lipinski definition) is 4. The van der Waals surface area contributed by atoms with Crippen molar-refractivity contribution in [1.29, 1.82) is 0 Å². The minimum atomic E-state index is -0.127. The Labute approximate surface area is 96.2 Å². The van der Waals surface area contributed by atoms with E-state index in [2.05, 4.69) is 10.1 Å². The van der Waals surface area contributed by atoms with E-state index >= 15 is 0 Å². The number of nitrogens with zero attached hydrogens (tertiary/aromatic N) is 5. The van der Waals surface area contributed by atoms with Crippen molar-refractivity contribution in [2.24, 2.45) is 10.1 Å². The number of amides is 2. The molecule has 1 aliphatic rings. The van der Waals surface area contributed by atoms with Crippen molar-refractivity contribution in [2.45, 2.75) is 13.8 Å². The molecule has 16 heavy (non-hydrogen) atoms. The fraction of sp³-hybridized carbons (Fsp3) is 0.700. The van der Waals surface area contributed by atoms with Gasteiger partial charge in [0, 0.05) is 27.7 Å². The van der Waals surface area contributed by atoms with Crippen LogP contribution in [-0.4, -0.2) is 66.7 Å². The Morgan fingerprint density at radius 2 is 2.19 bits per heavy atom. The zero-order chi connectivity index (χ0) is 12.3. The summed E-state index contributed by atoms with van der Waals surface area (Å²) in [5, 5.41) is 8.94. The lowest BCUT2D eigenvalue weighted by atomic mass is 10.2. The van der Waals surface area contributed by atoms with Gasteiger partial charge in [-0.15, -0.1) is 0 Å². The Morgan fingerprint density at radius 3 is 2.69 bits per heavy atom. The standard InChI is InChI=1S/C10H19N5O/c1-6-11-8(2)9-7-15(13(3)4)10(16)14(5)12-9/h6-7H2,1-5H3. The van der Waals surface area contributed by atoms with E-state index in [0.29, 0.717) is 6.54 Å². The average Bonchev–Trinajstić information content (AvgIpc) is 2.21. The van der Waals surface area contributed by atoms with Crippen LogP contribution in [0.1, 0.15) is 13.8 Å². The second kappa shape index (κ2) is 5.07. The lowest BCUT2D eigenvalue weighted by Crippen LogP contribution is -2.53. The molecule has 0 aromatic heterocycles. The van der Waals surface area contributed by atoms with Crippen LogP contribution in [0.2, 0.25) is 0 Å². The molecule has 1 aliphatic heterocycles. The summed E-state index contributed by atoms with van der Waals surface area (Å²) >= 11 is 0. The van der Waals surface area contributed by atoms with E-state index in [1.165, 1.54) is 5.01 Å². The molecular weight excluding hydrogens is 206 g/mol. The molecule has 1 rings (SSSR count). The van der Waals surface area contributed by atoms with Crippen molar-refractivity contribution in [3.63, 3.8) is 0 Å². The Hall–Kier alpha value is -1.43. The van der Waals surface area contributed by atoms with Crippen LogP contribution in [0.25, 0.3) is 0 Å². The zero-order valence-electron chi connectivity index (χ0n) is 10.6. The fourth-order valence-corrected chi connectivity index (χ4v) is 1.46. The molecule has 0 radical (unpaired) electrons. The fourth-order valence-electron chi connectivity index (χ4n) is 1.46. The largest absolute Gasteiger partial charge is 0.355 e. The van der Waals surface area contributed by atoms with Gasteiger partial charge in [-0.3, -0.25) is 4.99 Å². The minimum Gasteiger partial charge on any atom is -0.288 e. The van der Waals surface area contributed by atoms with Crippen LogP contribution in [0.3, 0.4) is 0 Å². The molecule has 1 heterocycles. The molecule has 0 saturated carbocycles. The molecule has 0 atom stereocenters. The number of carbonyl (C=O) groups is 1. The third-order valence-electron chi connectivity index (χ3n) is 2.36. The van der Waals surface area contributed by atoms with Gasteiger partial charge < -0.3 is 0 Å². The lowest BCUT2D eigenvalue weighted by Gasteiger charge is -2.35. The highest BCUT2D eigenvalue weighted by Gasteiger charge is 2.27. The van der Waals surface area contributed by atoms with Crippen molar-refractivity contribution in [3.8, 4) is 0 Å². The first-order valence-electron chi connectivity index (χ1n) is 5.28. The van der Waals surface area contributed by atoms with Crippen molar-refractivity contribution < 1.29 is 4.79 Å². The predicted molar refractivity (Wildman–Crippen MR) is 64.6 cm³/mol. The van der Waals surface area contributed by atoms with Gasteiger partial charge in [-0.05, 0) is 13.8 Å². The van der Waals surface area contributed by atoms with Crippen LogP contribution in [-0.2, 0) is 0 Å². The van der Waals surface area contributed by atoms with Gasteiger partial charge in [-0.1, -0.05) is 0 Å². The third kappa shape index (κ3) is 2.57. The van der Waals surface area contributed by atoms with Crippen molar-refractivity contribution in [1.82, 2.24) is 15.0 Å². The molecule has 90 valence electrons. The van der Waals surface area contributed by atoms with E-state index in [9.17, 15) is 4.79 Å². The number of rotatable bonds is 3. The summed E-state index contributed by atoms with van der Waals surface area (Å²) in [5.74, 6) is 0. The summed E-state index contributed by atoms with van der Waals surface area (Å²) in [5.41, 5.74) is 1.71. The van der Waals surface area contributed by atoms with Gasteiger partial charge in [-0.2, -0.15) is 5.10 Å². The van der Waals surface area contributed by atoms with Gasteiger partial charge in [0.15, 0.2) is 0 Å². The summed E-state index contributed by atoms with van der Waals surface area (Å²) in [6.07, 6.45) is 0. The minimum absolute atomic E-state index is 0.127. The molecule has 0 fully saturated rings. The quantitative estimate of drug-likeness (QED) is 0.663. The van der Waals surface area contributed by atoms with Gasteiger partial charge in [0.25, 0.3) is 0 Å². The number of hydrazine groups is 1. The molecule has 0 N–H and O–H groups in total. The maximum absolute atomic E-state index is 11.8. The van der Waals surface area contributed by atoms with E-state index in [1.54, 1.807) is 17.1 Å². The Kier molecular flexibility index (Phi) is 4.00. The van der Waals surface area contributed by atoms with Gasteiger partial charge in [0.05, 0.1) is 12.3 Å². The van der Waals surface area contributed by atoms with Crippen molar-refractivity contribution >= 4 is 17.5 Å². The van der Waals surface area contributed by atoms with E-state index in [0.717, 1.165) is 18.0 Å². The molecule has 6 nitrogen and oxygen atoms in total. The highest BCUT2D eigenvalue weighted by atomic mass is 16.2. The normalized spacial score (nSPS) is 18.2. The number of urea groups is 1. The maximum Gasteiger partial charge on any atom is 0.355 e. The number of carbonyl (C=O) groups excluding carboxylic acids is 1. The van der Waals surface area contributed by atoms with Crippen molar-refractivity contribution in [2.75, 3.05) is 34.2 Å². The second-order valence-electron chi connectivity index (χ2n) is 3.82. The van der Waals surface area contributed by atoms with Gasteiger partial charge in [0.2, 0.25) is 0 Å². The maximum atomic E-state index is 11.8. The molecule has 0 aromatic carbocycles. The number of hydrogen-bond donors (Lipinski definition) is 0. The highest BCUT2D eigenvalue weighted by Crippen LogP contribution is 2.08. The van der Waals surface area contributed by atoms with Gasteiger partial charge in [0.1, 0.15) is 5.71 Å². The summed E-state index contributed by atoms with van der Waals surface area (Å²) < 4.78 is 0. The molecule has 0 aromatic rings. The second-order valence-corrected chi connectivity index (χ2v) is 3.82. The molecule has 2 amide bonds. The van der Waals surface area contributed by atoms with Crippen LogP contribution in [0, 0.1) is 0 Å². The van der Waals surface area contributed by atoms with E-state index < -0.39 is 0 Å². The van der Waals surface area contributed by atoms with Crippen LogP contribution in [0.5, 0.6) is 0 Å². The van der Waals surface area contributed by atoms with Crippen LogP contribution < -0.4 is 0 Å². The van der Waals surface area contributed by atoms with E-state index in [-0.39, 0.29) is 6.03 Å². The molecule has 0 spiro atoms. The van der Waals surface area contributed by atoms with Crippen LogP contribution in [0.15, 0.2) is 10.1 Å². The van der Waals surface area contributed by atoms with E-state index in [1.807, 2.05) is 27.9 Å². The summed E-state index contributed by atoms with van der Waals surface area (Å²) in [4.78, 5) is 16.1. The first kappa shape index (κ1) is 12.6. The zero-order valence-corrected chi connectivity index (χ0v) is 10.6. The summed E-state index contributed by atoms with van der Waals surface area (Å²) in [6, 6.07) is -0.127. The smallest absolute Gasteiger partial charge is 0.288 e. The Balaban J connectivity index is 2.94. The first-order chi connectivity index (χ1) is 7.47. The summed E-state index contributed by atoms with van der Waals surface area (Å²) in [7, 11) is 5.32. The number of aliphatic imine (C=N–C) groups is 1. The first-order valence-corrected chi connectivity index (χ1v) is 5.28. The third-order valence-corrected chi connectivity index (χ3v) is 2.36. The molecule has 0 bridgehead atoms. The number of hydrazone groups is 1. The van der Waals surface area contributed by atoms with Gasteiger partial charge in [-0.25, -0.2) is 19.8 Å². The van der Waals surface area contributed by atoms with Crippen LogP contribution in [0.4, 0.5) is 4.79 Å². The van der Waals surface area contributed by atoms with Crippen molar-refractivity contribution in [3.05, 3.63) is 0 Å². The topological polar surface area (TPSA) is 51.5 Å². The molecule has 0 unspecified atom stereocenters. The van der Waals surface area contributed by atoms with Gasteiger partial charge >= 0.3 is 6.03 Å². The average molecular weight is 225 g/mol. The molecule has 0 aliphatic carbocycles. The Bertz CT molecular complexity index is 334. The molecule has 6 heteroatoms. The summed E-state index contributed by atoms with van der Waals surface area (Å²) in [6.45, 7) is 5.10.